The fraction of sp³-hybridized carbons (Fsp3) is 0.588. The number of aromatic nitrogens is 1. The molecule has 1 atom stereocenters. The number of carbonyl (C=O) groups excluding carboxylic acids is 2. The van der Waals surface area contributed by atoms with Gasteiger partial charge in [0.2, 0.25) is 5.88 Å². The topological polar surface area (TPSA) is 81.1 Å². The number of hydrogen-bond donors (Lipinski definition) is 0. The molecule has 1 aromatic carbocycles. The quantitative estimate of drug-likeness (QED) is 0.298. The van der Waals surface area contributed by atoms with Crippen LogP contribution in [-0.4, -0.2) is 46.3 Å². The van der Waals surface area contributed by atoms with Gasteiger partial charge in [0.1, 0.15) is 11.4 Å². The molecule has 1 fully saturated rings. The molecule has 0 radical (unpaired) electrons. The molecule has 2 heterocycles. The van der Waals surface area contributed by atoms with Gasteiger partial charge in [0.15, 0.2) is 0 Å². The van der Waals surface area contributed by atoms with E-state index in [9.17, 15) is 9.59 Å². The summed E-state index contributed by atoms with van der Waals surface area (Å²) in [5, 5.41) is 0. The van der Waals surface area contributed by atoms with Gasteiger partial charge in [0, 0.05) is 17.8 Å². The van der Waals surface area contributed by atoms with E-state index in [2.05, 4.69) is 44.5 Å². The lowest BCUT2D eigenvalue weighted by Crippen LogP contribution is -2.51. The SMILES string of the molecule is COc1cc(C2=NC3(CCC(C(C)C)CC3)N([C@H](CCC(C)(C)C)c3ccc(C(=O)OC(C)C)cc3)C2=O)ccn1. The molecule has 4 rings (SSSR count). The lowest BCUT2D eigenvalue weighted by molar-refractivity contribution is -0.133. The van der Waals surface area contributed by atoms with Gasteiger partial charge in [-0.25, -0.2) is 9.78 Å². The highest BCUT2D eigenvalue weighted by atomic mass is 16.5. The van der Waals surface area contributed by atoms with Crippen molar-refractivity contribution in [3.63, 3.8) is 0 Å². The zero-order valence-electron chi connectivity index (χ0n) is 26.1. The average Bonchev–Trinajstić information content (AvgIpc) is 3.19. The lowest BCUT2D eigenvalue weighted by Gasteiger charge is -2.46. The summed E-state index contributed by atoms with van der Waals surface area (Å²) >= 11 is 0. The summed E-state index contributed by atoms with van der Waals surface area (Å²) in [7, 11) is 1.58. The van der Waals surface area contributed by atoms with Gasteiger partial charge in [-0.15, -0.1) is 0 Å². The maximum atomic E-state index is 14.5. The number of aliphatic imine (C=N–C) groups is 1. The Bertz CT molecular complexity index is 1250. The molecule has 1 saturated carbocycles. The Morgan fingerprint density at radius 3 is 2.29 bits per heavy atom. The number of hydrogen-bond acceptors (Lipinski definition) is 6. The standard InChI is InChI=1S/C34H47N3O4/c1-22(2)24-13-18-34(19-14-24)36-30(27-16-20-35-29(21-27)40-8)31(38)37(34)28(15-17-33(5,6)7)25-9-11-26(12-10-25)32(39)41-23(3)4/h9-12,16,20-24,28H,13-15,17-19H2,1-8H3/t24?,28-,34?/m1/s1. The molecular weight excluding hydrogens is 514 g/mol. The van der Waals surface area contributed by atoms with Crippen molar-refractivity contribution in [2.24, 2.45) is 22.2 Å². The number of ether oxygens (including phenoxy) is 2. The van der Waals surface area contributed by atoms with Gasteiger partial charge in [-0.05, 0) is 93.4 Å². The minimum atomic E-state index is -0.605. The normalized spacial score (nSPS) is 21.9. The molecule has 41 heavy (non-hydrogen) atoms. The zero-order chi connectivity index (χ0) is 29.9. The number of methoxy groups -OCH3 is 1. The molecule has 2 aromatic rings. The van der Waals surface area contributed by atoms with E-state index in [1.165, 1.54) is 0 Å². The van der Waals surface area contributed by atoms with Crippen molar-refractivity contribution in [1.82, 2.24) is 9.88 Å². The van der Waals surface area contributed by atoms with Crippen LogP contribution in [0.4, 0.5) is 0 Å². The Kier molecular flexibility index (Phi) is 9.25. The fourth-order valence-electron chi connectivity index (χ4n) is 6.16. The minimum Gasteiger partial charge on any atom is -0.481 e. The number of amides is 1. The molecule has 1 aliphatic carbocycles. The van der Waals surface area contributed by atoms with Crippen LogP contribution in [0.1, 0.15) is 115 Å². The molecule has 2 aliphatic rings. The van der Waals surface area contributed by atoms with Crippen molar-refractivity contribution in [2.45, 2.75) is 105 Å². The third-order valence-electron chi connectivity index (χ3n) is 8.53. The van der Waals surface area contributed by atoms with Crippen molar-refractivity contribution in [3.8, 4) is 5.88 Å². The number of nitrogens with zero attached hydrogens (tertiary/aromatic N) is 3. The number of benzene rings is 1. The van der Waals surface area contributed by atoms with Crippen LogP contribution in [0.5, 0.6) is 5.88 Å². The predicted octanol–water partition coefficient (Wildman–Crippen LogP) is 7.40. The van der Waals surface area contributed by atoms with Crippen LogP contribution < -0.4 is 4.74 Å². The Morgan fingerprint density at radius 2 is 1.73 bits per heavy atom. The number of pyridine rings is 1. The fourth-order valence-corrected chi connectivity index (χ4v) is 6.16. The molecule has 1 aliphatic heterocycles. The van der Waals surface area contributed by atoms with Crippen LogP contribution in [0.25, 0.3) is 0 Å². The summed E-state index contributed by atoms with van der Waals surface area (Å²) in [5.41, 5.74) is 2.22. The first kappa shape index (κ1) is 30.7. The summed E-state index contributed by atoms with van der Waals surface area (Å²) in [5.74, 6) is 1.29. The Hall–Kier alpha value is -3.22. The van der Waals surface area contributed by atoms with E-state index in [0.717, 1.165) is 49.7 Å². The molecule has 7 heteroatoms. The number of esters is 1. The first-order valence-electron chi connectivity index (χ1n) is 15.1. The third kappa shape index (κ3) is 6.99. The van der Waals surface area contributed by atoms with E-state index in [0.29, 0.717) is 29.0 Å². The molecule has 7 nitrogen and oxygen atoms in total. The van der Waals surface area contributed by atoms with Crippen LogP contribution in [0.15, 0.2) is 47.6 Å². The molecule has 1 amide bonds. The van der Waals surface area contributed by atoms with Gasteiger partial charge in [-0.1, -0.05) is 46.8 Å². The number of rotatable bonds is 9. The van der Waals surface area contributed by atoms with Crippen LogP contribution in [0.3, 0.4) is 0 Å². The summed E-state index contributed by atoms with van der Waals surface area (Å²) in [6.07, 6.45) is 6.93. The molecule has 0 N–H and O–H groups in total. The minimum absolute atomic E-state index is 0.0524. The van der Waals surface area contributed by atoms with Crippen molar-refractivity contribution >= 4 is 17.6 Å². The van der Waals surface area contributed by atoms with Crippen LogP contribution in [-0.2, 0) is 9.53 Å². The van der Waals surface area contributed by atoms with E-state index >= 15 is 0 Å². The zero-order valence-corrected chi connectivity index (χ0v) is 26.1. The van der Waals surface area contributed by atoms with Gasteiger partial charge < -0.3 is 14.4 Å². The van der Waals surface area contributed by atoms with E-state index in [-0.39, 0.29) is 29.4 Å². The van der Waals surface area contributed by atoms with Gasteiger partial charge in [0.25, 0.3) is 5.91 Å². The second-order valence-corrected chi connectivity index (χ2v) is 13.5. The monoisotopic (exact) mass is 561 g/mol. The first-order valence-corrected chi connectivity index (χ1v) is 15.1. The third-order valence-corrected chi connectivity index (χ3v) is 8.53. The van der Waals surface area contributed by atoms with Crippen molar-refractivity contribution < 1.29 is 19.1 Å². The van der Waals surface area contributed by atoms with Crippen LogP contribution in [0.2, 0.25) is 0 Å². The Morgan fingerprint density at radius 1 is 1.07 bits per heavy atom. The predicted molar refractivity (Wildman–Crippen MR) is 162 cm³/mol. The summed E-state index contributed by atoms with van der Waals surface area (Å²) in [4.78, 5) is 38.7. The summed E-state index contributed by atoms with van der Waals surface area (Å²) in [6, 6.07) is 11.1. The Labute approximate surface area is 245 Å². The highest BCUT2D eigenvalue weighted by Crippen LogP contribution is 2.48. The lowest BCUT2D eigenvalue weighted by atomic mass is 9.75. The maximum Gasteiger partial charge on any atom is 0.338 e. The highest BCUT2D eigenvalue weighted by molar-refractivity contribution is 6.46. The van der Waals surface area contributed by atoms with Crippen molar-refractivity contribution in [1.29, 1.82) is 0 Å². The van der Waals surface area contributed by atoms with Crippen molar-refractivity contribution in [2.75, 3.05) is 7.11 Å². The van der Waals surface area contributed by atoms with Crippen molar-refractivity contribution in [3.05, 3.63) is 59.3 Å². The van der Waals surface area contributed by atoms with E-state index in [1.807, 2.05) is 44.2 Å². The van der Waals surface area contributed by atoms with Gasteiger partial charge >= 0.3 is 5.97 Å². The smallest absolute Gasteiger partial charge is 0.338 e. The summed E-state index contributed by atoms with van der Waals surface area (Å²) in [6.45, 7) is 15.0. The molecular formula is C34H47N3O4. The average molecular weight is 562 g/mol. The molecule has 222 valence electrons. The molecule has 1 spiro atoms. The first-order chi connectivity index (χ1) is 19.3. The largest absolute Gasteiger partial charge is 0.481 e. The van der Waals surface area contributed by atoms with Gasteiger partial charge in [0.05, 0.1) is 24.8 Å². The van der Waals surface area contributed by atoms with Gasteiger partial charge in [-0.3, -0.25) is 9.79 Å². The molecule has 0 saturated heterocycles. The summed E-state index contributed by atoms with van der Waals surface area (Å²) < 4.78 is 10.8. The molecule has 1 aromatic heterocycles. The second-order valence-electron chi connectivity index (χ2n) is 13.5. The van der Waals surface area contributed by atoms with E-state index in [1.54, 1.807) is 19.4 Å². The van der Waals surface area contributed by atoms with Crippen LogP contribution >= 0.6 is 0 Å². The van der Waals surface area contributed by atoms with Gasteiger partial charge in [-0.2, -0.15) is 0 Å². The Balaban J connectivity index is 1.77. The molecule has 0 unspecified atom stereocenters. The maximum absolute atomic E-state index is 14.5. The second kappa shape index (κ2) is 12.3. The molecule has 0 bridgehead atoms. The van der Waals surface area contributed by atoms with Crippen LogP contribution in [0, 0.1) is 17.3 Å². The highest BCUT2D eigenvalue weighted by Gasteiger charge is 2.52. The van der Waals surface area contributed by atoms with E-state index in [4.69, 9.17) is 14.5 Å². The van der Waals surface area contributed by atoms with E-state index < -0.39 is 5.66 Å². The number of carbonyl (C=O) groups is 2.